The average Bonchev–Trinajstić information content (AvgIpc) is 3.75. The number of benzene rings is 8. The van der Waals surface area contributed by atoms with Gasteiger partial charge in [-0.05, 0) is 97.7 Å². The van der Waals surface area contributed by atoms with E-state index >= 15 is 0 Å². The van der Waals surface area contributed by atoms with Gasteiger partial charge in [0.15, 0.2) is 5.82 Å². The van der Waals surface area contributed by atoms with Gasteiger partial charge in [0.25, 0.3) is 0 Å². The van der Waals surface area contributed by atoms with Gasteiger partial charge in [-0.2, -0.15) is 0 Å². The Kier molecular flexibility index (Phi) is 7.20. The van der Waals surface area contributed by atoms with Crippen LogP contribution in [0.5, 0.6) is 0 Å². The van der Waals surface area contributed by atoms with Crippen LogP contribution in [0.1, 0.15) is 25.0 Å². The minimum absolute atomic E-state index is 0.122. The molecule has 3 heteroatoms. The second kappa shape index (κ2) is 12.5. The molecule has 0 amide bonds. The van der Waals surface area contributed by atoms with Gasteiger partial charge in [0.2, 0.25) is 0 Å². The minimum atomic E-state index is -0.122. The van der Waals surface area contributed by atoms with Crippen molar-refractivity contribution in [3.05, 3.63) is 193 Å². The van der Waals surface area contributed by atoms with E-state index in [1.807, 2.05) is 24.3 Å². The molecule has 1 aliphatic carbocycles. The fraction of sp³-hybridized carbons (Fsp3) is 0.0566. The van der Waals surface area contributed by atoms with E-state index in [-0.39, 0.29) is 5.41 Å². The topological polar surface area (TPSA) is 38.9 Å². The van der Waals surface area contributed by atoms with Gasteiger partial charge in [0.05, 0.1) is 11.4 Å². The standard InChI is InChI=1S/C53H36N2O/c1-53(2)45-23-13-11-20-40(45)41-26-25-35(30-46(41)53)47-32-48(55-52(54-47)34-17-7-4-8-18-34)38-28-36(33-15-5-3-6-16-33)27-37(29-38)44-31-50-51(42-21-10-9-19-39(42)44)43-22-12-14-24-49(43)56-50/h3-32H,1-2H3. The second-order valence-electron chi connectivity index (χ2n) is 15.4. The zero-order valence-electron chi connectivity index (χ0n) is 31.1. The van der Waals surface area contributed by atoms with E-state index in [4.69, 9.17) is 14.4 Å². The van der Waals surface area contributed by atoms with Crippen molar-refractivity contribution in [3.8, 4) is 67.3 Å². The fourth-order valence-corrected chi connectivity index (χ4v) is 8.88. The van der Waals surface area contributed by atoms with Crippen molar-refractivity contribution in [2.75, 3.05) is 0 Å². The zero-order chi connectivity index (χ0) is 37.4. The van der Waals surface area contributed by atoms with Crippen molar-refractivity contribution in [1.82, 2.24) is 9.97 Å². The summed E-state index contributed by atoms with van der Waals surface area (Å²) in [6, 6.07) is 64.8. The highest BCUT2D eigenvalue weighted by atomic mass is 16.3. The lowest BCUT2D eigenvalue weighted by Gasteiger charge is -2.22. The normalized spacial score (nSPS) is 13.0. The molecule has 0 aliphatic heterocycles. The molecule has 2 aromatic heterocycles. The predicted octanol–water partition coefficient (Wildman–Crippen LogP) is 14.2. The number of rotatable bonds is 5. The van der Waals surface area contributed by atoms with E-state index < -0.39 is 0 Å². The highest BCUT2D eigenvalue weighted by Crippen LogP contribution is 2.50. The first kappa shape index (κ1) is 32.3. The molecule has 11 rings (SSSR count). The fourth-order valence-electron chi connectivity index (χ4n) is 8.88. The Morgan fingerprint density at radius 2 is 0.982 bits per heavy atom. The molecule has 0 spiro atoms. The summed E-state index contributed by atoms with van der Waals surface area (Å²) in [5, 5.41) is 4.63. The quantitative estimate of drug-likeness (QED) is 0.178. The van der Waals surface area contributed by atoms with Gasteiger partial charge in [-0.15, -0.1) is 0 Å². The van der Waals surface area contributed by atoms with Crippen LogP contribution in [0.25, 0.3) is 100.0 Å². The van der Waals surface area contributed by atoms with Crippen LogP contribution in [0.4, 0.5) is 0 Å². The number of hydrogen-bond donors (Lipinski definition) is 0. The molecule has 10 aromatic rings. The third-order valence-electron chi connectivity index (χ3n) is 11.7. The maximum atomic E-state index is 6.53. The Morgan fingerprint density at radius 1 is 0.375 bits per heavy atom. The third kappa shape index (κ3) is 5.12. The molecule has 0 atom stereocenters. The van der Waals surface area contributed by atoms with E-state index in [9.17, 15) is 0 Å². The van der Waals surface area contributed by atoms with Crippen LogP contribution in [-0.4, -0.2) is 9.97 Å². The molecule has 0 saturated heterocycles. The molecule has 0 N–H and O–H groups in total. The summed E-state index contributed by atoms with van der Waals surface area (Å²) in [4.78, 5) is 10.6. The second-order valence-corrected chi connectivity index (χ2v) is 15.4. The SMILES string of the molecule is CC1(C)c2ccccc2-c2ccc(-c3cc(-c4cc(-c5ccccc5)cc(-c5cc6oc7ccccc7c6c6ccccc56)c4)nc(-c4ccccc4)n3)cc21. The summed E-state index contributed by atoms with van der Waals surface area (Å²) in [5.74, 6) is 0.696. The summed E-state index contributed by atoms with van der Waals surface area (Å²) in [5.41, 5.74) is 16.2. The molecule has 0 fully saturated rings. The Labute approximate surface area is 325 Å². The first-order valence-electron chi connectivity index (χ1n) is 19.2. The van der Waals surface area contributed by atoms with Crippen LogP contribution in [-0.2, 0) is 5.41 Å². The highest BCUT2D eigenvalue weighted by Gasteiger charge is 2.35. The molecule has 0 radical (unpaired) electrons. The maximum absolute atomic E-state index is 6.53. The summed E-state index contributed by atoms with van der Waals surface area (Å²) in [7, 11) is 0. The Morgan fingerprint density at radius 3 is 1.79 bits per heavy atom. The summed E-state index contributed by atoms with van der Waals surface area (Å²) < 4.78 is 6.53. The minimum Gasteiger partial charge on any atom is -0.456 e. The molecule has 8 aromatic carbocycles. The summed E-state index contributed by atoms with van der Waals surface area (Å²) in [6.07, 6.45) is 0. The van der Waals surface area contributed by atoms with Gasteiger partial charge in [-0.25, -0.2) is 9.97 Å². The highest BCUT2D eigenvalue weighted by molar-refractivity contribution is 6.22. The van der Waals surface area contributed by atoms with E-state index in [1.54, 1.807) is 0 Å². The van der Waals surface area contributed by atoms with Crippen LogP contribution in [0.2, 0.25) is 0 Å². The Hall–Kier alpha value is -7.10. The number of furan rings is 1. The summed E-state index contributed by atoms with van der Waals surface area (Å²) >= 11 is 0. The Balaban J connectivity index is 1.15. The molecule has 0 saturated carbocycles. The Bertz CT molecular complexity index is 3160. The van der Waals surface area contributed by atoms with Crippen LogP contribution < -0.4 is 0 Å². The molecular weight excluding hydrogens is 681 g/mol. The zero-order valence-corrected chi connectivity index (χ0v) is 31.1. The van der Waals surface area contributed by atoms with Crippen LogP contribution in [0, 0.1) is 0 Å². The monoisotopic (exact) mass is 716 g/mol. The van der Waals surface area contributed by atoms with Crippen molar-refractivity contribution in [1.29, 1.82) is 0 Å². The maximum Gasteiger partial charge on any atom is 0.160 e. The van der Waals surface area contributed by atoms with E-state index in [1.165, 1.54) is 33.0 Å². The molecule has 3 nitrogen and oxygen atoms in total. The van der Waals surface area contributed by atoms with Gasteiger partial charge >= 0.3 is 0 Å². The van der Waals surface area contributed by atoms with E-state index in [0.29, 0.717) is 5.82 Å². The van der Waals surface area contributed by atoms with Crippen molar-refractivity contribution < 1.29 is 4.42 Å². The molecule has 0 unspecified atom stereocenters. The molecular formula is C53H36N2O. The lowest BCUT2D eigenvalue weighted by Crippen LogP contribution is -2.14. The largest absolute Gasteiger partial charge is 0.456 e. The molecule has 56 heavy (non-hydrogen) atoms. The average molecular weight is 717 g/mol. The van der Waals surface area contributed by atoms with E-state index in [2.05, 4.69) is 172 Å². The number of fused-ring (bicyclic) bond motifs is 8. The van der Waals surface area contributed by atoms with Crippen molar-refractivity contribution >= 4 is 32.7 Å². The lowest BCUT2D eigenvalue weighted by molar-refractivity contribution is 0.660. The number of para-hydroxylation sites is 1. The van der Waals surface area contributed by atoms with Crippen LogP contribution >= 0.6 is 0 Å². The van der Waals surface area contributed by atoms with Crippen LogP contribution in [0.3, 0.4) is 0 Å². The molecule has 1 aliphatic rings. The van der Waals surface area contributed by atoms with Crippen molar-refractivity contribution in [2.24, 2.45) is 0 Å². The van der Waals surface area contributed by atoms with Gasteiger partial charge in [0, 0.05) is 32.9 Å². The van der Waals surface area contributed by atoms with Crippen molar-refractivity contribution in [3.63, 3.8) is 0 Å². The first-order valence-corrected chi connectivity index (χ1v) is 19.2. The number of nitrogens with zero attached hydrogens (tertiary/aromatic N) is 2. The van der Waals surface area contributed by atoms with Crippen molar-refractivity contribution in [2.45, 2.75) is 19.3 Å². The lowest BCUT2D eigenvalue weighted by atomic mass is 9.82. The molecule has 2 heterocycles. The number of hydrogen-bond acceptors (Lipinski definition) is 3. The first-order chi connectivity index (χ1) is 27.5. The summed E-state index contributed by atoms with van der Waals surface area (Å²) in [6.45, 7) is 4.65. The smallest absolute Gasteiger partial charge is 0.160 e. The molecule has 0 bridgehead atoms. The number of aromatic nitrogens is 2. The van der Waals surface area contributed by atoms with Crippen LogP contribution in [0.15, 0.2) is 186 Å². The van der Waals surface area contributed by atoms with Gasteiger partial charge in [0.1, 0.15) is 11.2 Å². The van der Waals surface area contributed by atoms with Gasteiger partial charge < -0.3 is 4.42 Å². The third-order valence-corrected chi connectivity index (χ3v) is 11.7. The van der Waals surface area contributed by atoms with Gasteiger partial charge in [-0.1, -0.05) is 153 Å². The van der Waals surface area contributed by atoms with Gasteiger partial charge in [-0.3, -0.25) is 0 Å². The molecule has 264 valence electrons. The predicted molar refractivity (Wildman–Crippen MR) is 232 cm³/mol. The van der Waals surface area contributed by atoms with E-state index in [0.717, 1.165) is 72.3 Å².